The van der Waals surface area contributed by atoms with Crippen LogP contribution in [-0.2, 0) is 14.4 Å². The minimum atomic E-state index is -0.409. The first-order valence-electron chi connectivity index (χ1n) is 10.6. The summed E-state index contributed by atoms with van der Waals surface area (Å²) < 4.78 is 5.19. The van der Waals surface area contributed by atoms with Crippen molar-refractivity contribution in [2.24, 2.45) is 5.73 Å². The van der Waals surface area contributed by atoms with Crippen LogP contribution in [0.1, 0.15) is 27.2 Å². The number of nitrogens with one attached hydrogen (secondary N) is 1. The summed E-state index contributed by atoms with van der Waals surface area (Å²) in [4.78, 5) is 42.0. The average Bonchev–Trinajstić information content (AvgIpc) is 2.70. The molecule has 1 aliphatic rings. The quantitative estimate of drug-likeness (QED) is 0.585. The van der Waals surface area contributed by atoms with Gasteiger partial charge in [-0.2, -0.15) is 0 Å². The highest BCUT2D eigenvalue weighted by molar-refractivity contribution is 5.82. The van der Waals surface area contributed by atoms with Crippen LogP contribution in [0.2, 0.25) is 0 Å². The van der Waals surface area contributed by atoms with E-state index < -0.39 is 5.91 Å². The molecule has 31 heavy (non-hydrogen) atoms. The van der Waals surface area contributed by atoms with Gasteiger partial charge in [0.25, 0.3) is 0 Å². The Morgan fingerprint density at radius 1 is 1.10 bits per heavy atom. The Morgan fingerprint density at radius 3 is 2.23 bits per heavy atom. The van der Waals surface area contributed by atoms with Crippen LogP contribution >= 0.6 is 0 Å². The van der Waals surface area contributed by atoms with Crippen molar-refractivity contribution in [1.82, 2.24) is 15.1 Å². The van der Waals surface area contributed by atoms with Crippen molar-refractivity contribution in [2.45, 2.75) is 32.7 Å². The van der Waals surface area contributed by atoms with E-state index in [1.165, 1.54) is 0 Å². The number of nitrogens with zero attached hydrogens (tertiary/aromatic N) is 3. The van der Waals surface area contributed by atoms with E-state index in [0.717, 1.165) is 11.4 Å². The van der Waals surface area contributed by atoms with Gasteiger partial charge in [-0.3, -0.25) is 19.3 Å². The predicted molar refractivity (Wildman–Crippen MR) is 120 cm³/mol. The molecule has 9 nitrogen and oxygen atoms in total. The molecular formula is C22H35N5O4. The highest BCUT2D eigenvalue weighted by Gasteiger charge is 2.25. The Bertz CT molecular complexity index is 752. The van der Waals surface area contributed by atoms with Crippen molar-refractivity contribution in [3.63, 3.8) is 0 Å². The second-order valence-electron chi connectivity index (χ2n) is 8.79. The van der Waals surface area contributed by atoms with Crippen molar-refractivity contribution < 1.29 is 19.1 Å². The van der Waals surface area contributed by atoms with Crippen LogP contribution < -0.4 is 20.7 Å². The predicted octanol–water partition coefficient (Wildman–Crippen LogP) is 0.436. The smallest absolute Gasteiger partial charge is 0.242 e. The number of rotatable bonds is 9. The number of ether oxygens (including phenoxy) is 1. The van der Waals surface area contributed by atoms with E-state index in [4.69, 9.17) is 10.5 Å². The molecule has 0 radical (unpaired) electrons. The molecule has 1 heterocycles. The normalized spacial score (nSPS) is 14.8. The molecule has 0 spiro atoms. The third-order valence-corrected chi connectivity index (χ3v) is 5.00. The van der Waals surface area contributed by atoms with Crippen LogP contribution in [0, 0.1) is 0 Å². The number of carbonyl (C=O) groups is 3. The number of piperazine rings is 1. The van der Waals surface area contributed by atoms with Crippen LogP contribution in [0.5, 0.6) is 5.75 Å². The Labute approximate surface area is 184 Å². The molecule has 1 aromatic rings. The Morgan fingerprint density at radius 2 is 1.71 bits per heavy atom. The van der Waals surface area contributed by atoms with Gasteiger partial charge in [0, 0.05) is 50.4 Å². The average molecular weight is 434 g/mol. The van der Waals surface area contributed by atoms with E-state index in [0.29, 0.717) is 39.3 Å². The molecule has 3 N–H and O–H groups in total. The first kappa shape index (κ1) is 24.5. The number of carbonyl (C=O) groups excluding carboxylic acids is 3. The Hall–Kier alpha value is -2.81. The van der Waals surface area contributed by atoms with E-state index in [1.807, 2.05) is 49.9 Å². The number of anilines is 1. The molecule has 1 aromatic carbocycles. The molecule has 3 amide bonds. The zero-order valence-electron chi connectivity index (χ0n) is 19.0. The largest absolute Gasteiger partial charge is 0.497 e. The first-order chi connectivity index (χ1) is 14.6. The summed E-state index contributed by atoms with van der Waals surface area (Å²) in [5, 5.41) is 2.96. The zero-order chi connectivity index (χ0) is 23.0. The third-order valence-electron chi connectivity index (χ3n) is 5.00. The molecule has 0 atom stereocenters. The topological polar surface area (TPSA) is 108 Å². The molecule has 0 aliphatic carbocycles. The van der Waals surface area contributed by atoms with Gasteiger partial charge in [0.1, 0.15) is 5.75 Å². The van der Waals surface area contributed by atoms with Gasteiger partial charge < -0.3 is 25.6 Å². The van der Waals surface area contributed by atoms with Crippen LogP contribution in [0.4, 0.5) is 5.69 Å². The zero-order valence-corrected chi connectivity index (χ0v) is 19.0. The molecule has 1 aliphatic heterocycles. The van der Waals surface area contributed by atoms with E-state index in [2.05, 4.69) is 10.2 Å². The number of benzene rings is 1. The lowest BCUT2D eigenvalue weighted by Crippen LogP contribution is -2.54. The number of hydrogen-bond acceptors (Lipinski definition) is 6. The lowest BCUT2D eigenvalue weighted by atomic mass is 10.1. The molecule has 0 saturated carbocycles. The second-order valence-corrected chi connectivity index (χ2v) is 8.79. The molecular weight excluding hydrogens is 398 g/mol. The maximum absolute atomic E-state index is 12.9. The fraction of sp³-hybridized carbons (Fsp3) is 0.591. The van der Waals surface area contributed by atoms with Crippen molar-refractivity contribution in [3.05, 3.63) is 24.3 Å². The summed E-state index contributed by atoms with van der Waals surface area (Å²) in [5.41, 5.74) is 5.88. The number of nitrogens with two attached hydrogens (primary N) is 1. The third kappa shape index (κ3) is 8.45. The summed E-state index contributed by atoms with van der Waals surface area (Å²) >= 11 is 0. The summed E-state index contributed by atoms with van der Waals surface area (Å²) in [6.07, 6.45) is 0.163. The fourth-order valence-electron chi connectivity index (χ4n) is 3.42. The van der Waals surface area contributed by atoms with Crippen LogP contribution in [0.3, 0.4) is 0 Å². The molecule has 172 valence electrons. The van der Waals surface area contributed by atoms with Gasteiger partial charge >= 0.3 is 0 Å². The van der Waals surface area contributed by atoms with E-state index in [9.17, 15) is 14.4 Å². The molecule has 1 saturated heterocycles. The van der Waals surface area contributed by atoms with Gasteiger partial charge in [-0.05, 0) is 45.0 Å². The van der Waals surface area contributed by atoms with E-state index >= 15 is 0 Å². The van der Waals surface area contributed by atoms with Gasteiger partial charge in [-0.25, -0.2) is 0 Å². The molecule has 1 fully saturated rings. The van der Waals surface area contributed by atoms with Gasteiger partial charge in [0.05, 0.1) is 20.2 Å². The van der Waals surface area contributed by atoms with Gasteiger partial charge in [-0.1, -0.05) is 0 Å². The van der Waals surface area contributed by atoms with Crippen molar-refractivity contribution in [2.75, 3.05) is 57.8 Å². The Kier molecular flexibility index (Phi) is 8.67. The highest BCUT2D eigenvalue weighted by Crippen LogP contribution is 2.20. The number of methoxy groups -OCH3 is 1. The molecule has 2 rings (SSSR count). The summed E-state index contributed by atoms with van der Waals surface area (Å²) in [6.45, 7) is 9.12. The standard InChI is InChI=1S/C22H35N5O4/c1-22(2,3)24-20(29)15-25-11-13-26(14-12-25)21(30)16-27(10-9-19(23)28)17-5-7-18(31-4)8-6-17/h5-8H,9-16H2,1-4H3,(H2,23,28)(H,24,29). The highest BCUT2D eigenvalue weighted by atomic mass is 16.5. The van der Waals surface area contributed by atoms with Gasteiger partial charge in [-0.15, -0.1) is 0 Å². The SMILES string of the molecule is COc1ccc(N(CCC(N)=O)CC(=O)N2CCN(CC(=O)NC(C)(C)C)CC2)cc1. The van der Waals surface area contributed by atoms with Gasteiger partial charge in [0.15, 0.2) is 0 Å². The van der Waals surface area contributed by atoms with Crippen LogP contribution in [-0.4, -0.2) is 86.0 Å². The number of hydrogen-bond donors (Lipinski definition) is 2. The van der Waals surface area contributed by atoms with Crippen molar-refractivity contribution in [1.29, 1.82) is 0 Å². The maximum atomic E-state index is 12.9. The molecule has 9 heteroatoms. The molecule has 0 unspecified atom stereocenters. The summed E-state index contributed by atoms with van der Waals surface area (Å²) in [7, 11) is 1.59. The number of primary amides is 1. The van der Waals surface area contributed by atoms with Crippen molar-refractivity contribution >= 4 is 23.4 Å². The van der Waals surface area contributed by atoms with E-state index in [-0.39, 0.29) is 30.3 Å². The number of amides is 3. The monoisotopic (exact) mass is 433 g/mol. The Balaban J connectivity index is 1.91. The van der Waals surface area contributed by atoms with Gasteiger partial charge in [0.2, 0.25) is 17.7 Å². The van der Waals surface area contributed by atoms with Crippen LogP contribution in [0.25, 0.3) is 0 Å². The lowest BCUT2D eigenvalue weighted by molar-refractivity contribution is -0.132. The fourth-order valence-corrected chi connectivity index (χ4v) is 3.42. The maximum Gasteiger partial charge on any atom is 0.242 e. The molecule has 0 aromatic heterocycles. The first-order valence-corrected chi connectivity index (χ1v) is 10.6. The van der Waals surface area contributed by atoms with Crippen molar-refractivity contribution in [3.8, 4) is 5.75 Å². The van der Waals surface area contributed by atoms with Crippen LogP contribution in [0.15, 0.2) is 24.3 Å². The summed E-state index contributed by atoms with van der Waals surface area (Å²) in [5.74, 6) is 0.285. The molecule has 0 bridgehead atoms. The minimum Gasteiger partial charge on any atom is -0.497 e. The van der Waals surface area contributed by atoms with E-state index in [1.54, 1.807) is 12.0 Å². The lowest BCUT2D eigenvalue weighted by Gasteiger charge is -2.36. The second kappa shape index (κ2) is 11.0. The minimum absolute atomic E-state index is 0.00981. The summed E-state index contributed by atoms with van der Waals surface area (Å²) in [6, 6.07) is 7.36.